The van der Waals surface area contributed by atoms with Crippen molar-refractivity contribution in [2.75, 3.05) is 6.54 Å². The van der Waals surface area contributed by atoms with Gasteiger partial charge in [0.25, 0.3) is 0 Å². The number of carbonyl (C=O) groups is 3. The number of nitrogens with one attached hydrogen (secondary N) is 1. The molecule has 182 valence electrons. The molecule has 10 nitrogen and oxygen atoms in total. The Morgan fingerprint density at radius 1 is 1.12 bits per heavy atom. The van der Waals surface area contributed by atoms with Gasteiger partial charge in [0.15, 0.2) is 5.69 Å². The molecule has 13 heteroatoms. The Morgan fingerprint density at radius 2 is 1.73 bits per heavy atom. The maximum atomic E-state index is 12.3. The zero-order chi connectivity index (χ0) is 25.0. The first-order valence-electron chi connectivity index (χ1n) is 9.74. The molecule has 1 heterocycles. The zero-order valence-electron chi connectivity index (χ0n) is 17.4. The minimum Gasteiger partial charge on any atom is -0.476 e. The number of hydrogen-bond donors (Lipinski definition) is 5. The Balaban J connectivity index is 0.000000675. The number of hydrogen-bond acceptors (Lipinski definition) is 7. The summed E-state index contributed by atoms with van der Waals surface area (Å²) in [5, 5.41) is 18.9. The van der Waals surface area contributed by atoms with E-state index in [0.717, 1.165) is 11.8 Å². The van der Waals surface area contributed by atoms with Gasteiger partial charge in [-0.25, -0.2) is 14.6 Å². The van der Waals surface area contributed by atoms with Gasteiger partial charge in [0.2, 0.25) is 11.8 Å². The van der Waals surface area contributed by atoms with Gasteiger partial charge in [-0.05, 0) is 37.8 Å². The number of carboxylic acids is 2. The van der Waals surface area contributed by atoms with E-state index < -0.39 is 30.2 Å². The molecule has 0 aliphatic carbocycles. The first kappa shape index (κ1) is 27.6. The molecule has 0 bridgehead atoms. The summed E-state index contributed by atoms with van der Waals surface area (Å²) in [6.45, 7) is 0.458. The van der Waals surface area contributed by atoms with Gasteiger partial charge >= 0.3 is 18.1 Å². The molecule has 7 N–H and O–H groups in total. The second-order valence-electron chi connectivity index (χ2n) is 6.80. The summed E-state index contributed by atoms with van der Waals surface area (Å²) >= 11 is 0. The van der Waals surface area contributed by atoms with Crippen LogP contribution in [0.5, 0.6) is 0 Å². The molecule has 33 heavy (non-hydrogen) atoms. The first-order chi connectivity index (χ1) is 15.5. The lowest BCUT2D eigenvalue weighted by molar-refractivity contribution is -0.192. The fourth-order valence-corrected chi connectivity index (χ4v) is 2.51. The molecule has 0 fully saturated rings. The van der Waals surface area contributed by atoms with Crippen molar-refractivity contribution in [2.45, 2.75) is 43.9 Å². The van der Waals surface area contributed by atoms with E-state index in [1.54, 1.807) is 0 Å². The normalized spacial score (nSPS) is 12.8. The molecule has 0 spiro atoms. The summed E-state index contributed by atoms with van der Waals surface area (Å²) in [5.74, 6) is -4.13. The molecule has 0 aliphatic rings. The van der Waals surface area contributed by atoms with Crippen LogP contribution >= 0.6 is 0 Å². The van der Waals surface area contributed by atoms with Crippen LogP contribution in [0, 0.1) is 0 Å². The molecule has 1 aromatic heterocycles. The highest BCUT2D eigenvalue weighted by Crippen LogP contribution is 2.20. The van der Waals surface area contributed by atoms with Gasteiger partial charge in [-0.1, -0.05) is 30.3 Å². The molecule has 0 saturated heterocycles. The van der Waals surface area contributed by atoms with Crippen molar-refractivity contribution in [1.29, 1.82) is 0 Å². The van der Waals surface area contributed by atoms with Gasteiger partial charge in [-0.15, -0.1) is 0 Å². The summed E-state index contributed by atoms with van der Waals surface area (Å²) in [7, 11) is 0. The van der Waals surface area contributed by atoms with Gasteiger partial charge in [0.05, 0.1) is 6.04 Å². The van der Waals surface area contributed by atoms with Gasteiger partial charge < -0.3 is 31.4 Å². The van der Waals surface area contributed by atoms with Crippen LogP contribution in [0.1, 0.15) is 47.2 Å². The van der Waals surface area contributed by atoms with E-state index in [-0.39, 0.29) is 17.5 Å². The number of aromatic nitrogens is 1. The van der Waals surface area contributed by atoms with Crippen LogP contribution in [0.15, 0.2) is 41.0 Å². The molecule has 0 unspecified atom stereocenters. The van der Waals surface area contributed by atoms with Crippen LogP contribution in [0.25, 0.3) is 0 Å². The molecule has 0 radical (unpaired) electrons. The Morgan fingerprint density at radius 3 is 2.21 bits per heavy atom. The standard InChI is InChI=1S/C18H24N4O4.C2HF3O2/c19-10-4-7-13(20)16(23)21-14(9-8-12-5-2-1-3-6-12)17-22-15(11-26-17)18(24)25;3-2(4,5)1(6)7/h1-3,5-6,11,13-14H,4,7-10,19-20H2,(H,21,23)(H,24,25);(H,6,7)/t13-,14-;/m1./s1. The number of aromatic carboxylic acids is 1. The molecule has 2 rings (SSSR count). The minimum atomic E-state index is -5.08. The van der Waals surface area contributed by atoms with Crippen LogP contribution in [-0.4, -0.2) is 51.8 Å². The second-order valence-corrected chi connectivity index (χ2v) is 6.80. The monoisotopic (exact) mass is 474 g/mol. The van der Waals surface area contributed by atoms with Crippen molar-refractivity contribution >= 4 is 17.8 Å². The lowest BCUT2D eigenvalue weighted by atomic mass is 10.0. The highest BCUT2D eigenvalue weighted by atomic mass is 19.4. The van der Waals surface area contributed by atoms with Gasteiger partial charge in [0.1, 0.15) is 12.3 Å². The predicted octanol–water partition coefficient (Wildman–Crippen LogP) is 1.86. The highest BCUT2D eigenvalue weighted by molar-refractivity contribution is 5.85. The number of amides is 1. The largest absolute Gasteiger partial charge is 0.490 e. The Bertz CT molecular complexity index is 905. The molecule has 2 aromatic rings. The van der Waals surface area contributed by atoms with Crippen LogP contribution < -0.4 is 16.8 Å². The number of oxazole rings is 1. The number of benzene rings is 1. The fraction of sp³-hybridized carbons (Fsp3) is 0.400. The molecular weight excluding hydrogens is 449 g/mol. The number of rotatable bonds is 10. The van der Waals surface area contributed by atoms with Crippen molar-refractivity contribution in [1.82, 2.24) is 10.3 Å². The van der Waals surface area contributed by atoms with Crippen molar-refractivity contribution in [3.8, 4) is 0 Å². The number of carboxylic acid groups (broad SMARTS) is 2. The maximum absolute atomic E-state index is 12.3. The van der Waals surface area contributed by atoms with Crippen LogP contribution in [0.3, 0.4) is 0 Å². The van der Waals surface area contributed by atoms with Crippen LogP contribution in [0.2, 0.25) is 0 Å². The van der Waals surface area contributed by atoms with E-state index >= 15 is 0 Å². The van der Waals surface area contributed by atoms with Crippen LogP contribution in [-0.2, 0) is 16.0 Å². The molecule has 1 aromatic carbocycles. The van der Waals surface area contributed by atoms with Crippen molar-refractivity contribution in [3.05, 3.63) is 53.7 Å². The summed E-state index contributed by atoms with van der Waals surface area (Å²) < 4.78 is 37.0. The number of aliphatic carboxylic acids is 1. The zero-order valence-corrected chi connectivity index (χ0v) is 17.4. The molecule has 2 atom stereocenters. The number of aryl methyl sites for hydroxylation is 1. The van der Waals surface area contributed by atoms with Crippen molar-refractivity contribution < 1.29 is 42.2 Å². The predicted molar refractivity (Wildman–Crippen MR) is 109 cm³/mol. The number of nitrogens with two attached hydrogens (primary N) is 2. The van der Waals surface area contributed by atoms with E-state index in [1.807, 2.05) is 30.3 Å². The second kappa shape index (κ2) is 13.2. The molecule has 0 aliphatic heterocycles. The summed E-state index contributed by atoms with van der Waals surface area (Å²) in [4.78, 5) is 36.2. The lowest BCUT2D eigenvalue weighted by Crippen LogP contribution is -2.42. The third kappa shape index (κ3) is 10.1. The molecule has 1 amide bonds. The highest BCUT2D eigenvalue weighted by Gasteiger charge is 2.38. The Kier molecular flexibility index (Phi) is 11.0. The van der Waals surface area contributed by atoms with Gasteiger partial charge in [-0.2, -0.15) is 13.2 Å². The Hall–Kier alpha value is -3.45. The van der Waals surface area contributed by atoms with E-state index in [9.17, 15) is 22.8 Å². The summed E-state index contributed by atoms with van der Waals surface area (Å²) in [6.07, 6.45) is -1.74. The first-order valence-corrected chi connectivity index (χ1v) is 9.74. The molecule has 0 saturated carbocycles. The van der Waals surface area contributed by atoms with Crippen molar-refractivity contribution in [2.24, 2.45) is 11.5 Å². The average Bonchev–Trinajstić information content (AvgIpc) is 3.25. The summed E-state index contributed by atoms with van der Waals surface area (Å²) in [6, 6.07) is 8.48. The SMILES string of the molecule is NCCC[C@@H](N)C(=O)N[C@H](CCc1ccccc1)c1nc(C(=O)O)co1.O=C(O)C(F)(F)F. The topological polar surface area (TPSA) is 182 Å². The number of carbonyl (C=O) groups excluding carboxylic acids is 1. The smallest absolute Gasteiger partial charge is 0.476 e. The average molecular weight is 474 g/mol. The van der Waals surface area contributed by atoms with Gasteiger partial charge in [-0.3, -0.25) is 4.79 Å². The number of alkyl halides is 3. The lowest BCUT2D eigenvalue weighted by Gasteiger charge is -2.18. The fourth-order valence-electron chi connectivity index (χ4n) is 2.51. The van der Waals surface area contributed by atoms with Crippen LogP contribution in [0.4, 0.5) is 13.2 Å². The van der Waals surface area contributed by atoms with E-state index in [2.05, 4.69) is 10.3 Å². The van der Waals surface area contributed by atoms with Crippen molar-refractivity contribution in [3.63, 3.8) is 0 Å². The summed E-state index contributed by atoms with van der Waals surface area (Å²) in [5.41, 5.74) is 12.2. The number of nitrogens with zero attached hydrogens (tertiary/aromatic N) is 1. The minimum absolute atomic E-state index is 0.151. The third-order valence-electron chi connectivity index (χ3n) is 4.22. The maximum Gasteiger partial charge on any atom is 0.490 e. The number of halogens is 3. The third-order valence-corrected chi connectivity index (χ3v) is 4.22. The van der Waals surface area contributed by atoms with E-state index in [4.69, 9.17) is 30.9 Å². The van der Waals surface area contributed by atoms with Gasteiger partial charge in [0, 0.05) is 0 Å². The quantitative estimate of drug-likeness (QED) is 0.343. The Labute approximate surface area is 186 Å². The molecular formula is C20H25F3N4O6. The van der Waals surface area contributed by atoms with E-state index in [0.29, 0.717) is 32.2 Å². The van der Waals surface area contributed by atoms with E-state index in [1.165, 1.54) is 0 Å².